The van der Waals surface area contributed by atoms with E-state index in [1.54, 1.807) is 6.92 Å². The van der Waals surface area contributed by atoms with Crippen LogP contribution in [0.4, 0.5) is 0 Å². The van der Waals surface area contributed by atoms with Crippen molar-refractivity contribution in [3.05, 3.63) is 87.6 Å². The van der Waals surface area contributed by atoms with Crippen LogP contribution in [0.5, 0.6) is 0 Å². The Morgan fingerprint density at radius 2 is 1.67 bits per heavy atom. The van der Waals surface area contributed by atoms with Crippen molar-refractivity contribution < 1.29 is 14.3 Å². The molecule has 2 aromatic rings. The summed E-state index contributed by atoms with van der Waals surface area (Å²) in [6.45, 7) is 10.4. The van der Waals surface area contributed by atoms with Crippen LogP contribution in [0.1, 0.15) is 67.6 Å². The first-order valence-corrected chi connectivity index (χ1v) is 10.4. The molecular weight excluding hydrogens is 374 g/mol. The molecule has 0 radical (unpaired) electrons. The van der Waals surface area contributed by atoms with E-state index in [9.17, 15) is 9.59 Å². The molecule has 0 fully saturated rings. The van der Waals surface area contributed by atoms with E-state index < -0.39 is 5.92 Å². The summed E-state index contributed by atoms with van der Waals surface area (Å²) in [5.41, 5.74) is 6.34. The number of allylic oxidation sites excluding steroid dienone is 2. The second-order valence-electron chi connectivity index (χ2n) is 8.85. The molecule has 1 aliphatic carbocycles. The SMILES string of the molecule is CCOC(=O)C1=C(C)NC2=C(C(=O)c3ccccc32)[C@H]1c1ccc(C(C)(C)C)cc1. The van der Waals surface area contributed by atoms with Crippen LogP contribution in [-0.4, -0.2) is 18.4 Å². The van der Waals surface area contributed by atoms with Gasteiger partial charge in [0.05, 0.1) is 17.9 Å². The third-order valence-electron chi connectivity index (χ3n) is 5.85. The number of nitrogens with one attached hydrogen (secondary N) is 1. The van der Waals surface area contributed by atoms with E-state index in [-0.39, 0.29) is 23.8 Å². The summed E-state index contributed by atoms with van der Waals surface area (Å²) in [6, 6.07) is 15.8. The van der Waals surface area contributed by atoms with Gasteiger partial charge in [-0.1, -0.05) is 69.3 Å². The van der Waals surface area contributed by atoms with Crippen molar-refractivity contribution in [2.75, 3.05) is 6.61 Å². The predicted molar refractivity (Wildman–Crippen MR) is 118 cm³/mol. The molecule has 0 spiro atoms. The molecule has 0 aromatic heterocycles. The molecule has 154 valence electrons. The van der Waals surface area contributed by atoms with Gasteiger partial charge in [0, 0.05) is 28.3 Å². The number of hydrogen-bond donors (Lipinski definition) is 1. The molecule has 1 aliphatic heterocycles. The van der Waals surface area contributed by atoms with Crippen LogP contribution in [0, 0.1) is 0 Å². The number of ether oxygens (including phenoxy) is 1. The standard InChI is InChI=1S/C26H27NO3/c1-6-30-25(29)20-15(2)27-23-18-9-7-8-10-19(18)24(28)22(23)21(20)16-11-13-17(14-12-16)26(3,4)5/h7-14,21,27H,6H2,1-5H3/t21-/m0/s1. The molecule has 4 nitrogen and oxygen atoms in total. The van der Waals surface area contributed by atoms with Gasteiger partial charge in [-0.3, -0.25) is 4.79 Å². The average molecular weight is 402 g/mol. The van der Waals surface area contributed by atoms with E-state index in [0.717, 1.165) is 22.5 Å². The second-order valence-corrected chi connectivity index (χ2v) is 8.85. The van der Waals surface area contributed by atoms with Crippen molar-refractivity contribution in [3.63, 3.8) is 0 Å². The summed E-state index contributed by atoms with van der Waals surface area (Å²) in [5.74, 6) is -0.885. The number of carbonyl (C=O) groups excluding carboxylic acids is 2. The summed E-state index contributed by atoms with van der Waals surface area (Å²) in [6.07, 6.45) is 0. The molecular formula is C26H27NO3. The van der Waals surface area contributed by atoms with Crippen LogP contribution in [0.25, 0.3) is 5.70 Å². The van der Waals surface area contributed by atoms with Crippen molar-refractivity contribution in [1.82, 2.24) is 5.32 Å². The molecule has 0 saturated heterocycles. The number of dihydropyridines is 1. The van der Waals surface area contributed by atoms with Gasteiger partial charge in [-0.2, -0.15) is 0 Å². The second kappa shape index (κ2) is 7.28. The van der Waals surface area contributed by atoms with E-state index in [0.29, 0.717) is 16.7 Å². The molecule has 1 heterocycles. The zero-order valence-corrected chi connectivity index (χ0v) is 18.1. The Labute approximate surface area is 177 Å². The Balaban J connectivity index is 1.89. The van der Waals surface area contributed by atoms with E-state index in [2.05, 4.69) is 38.2 Å². The molecule has 1 atom stereocenters. The van der Waals surface area contributed by atoms with Gasteiger partial charge >= 0.3 is 5.97 Å². The number of carbonyl (C=O) groups is 2. The summed E-state index contributed by atoms with van der Waals surface area (Å²) < 4.78 is 5.37. The quantitative estimate of drug-likeness (QED) is 0.726. The van der Waals surface area contributed by atoms with E-state index in [4.69, 9.17) is 4.74 Å². The van der Waals surface area contributed by atoms with Crippen LogP contribution in [0.15, 0.2) is 65.4 Å². The Bertz CT molecular complexity index is 1100. The molecule has 4 rings (SSSR count). The van der Waals surface area contributed by atoms with Crippen molar-refractivity contribution in [1.29, 1.82) is 0 Å². The first-order valence-electron chi connectivity index (χ1n) is 10.4. The summed E-state index contributed by atoms with van der Waals surface area (Å²) >= 11 is 0. The molecule has 0 saturated carbocycles. The van der Waals surface area contributed by atoms with Gasteiger partial charge in [-0.05, 0) is 30.4 Å². The lowest BCUT2D eigenvalue weighted by Crippen LogP contribution is -2.29. The Kier molecular flexibility index (Phi) is 4.89. The van der Waals surface area contributed by atoms with Crippen LogP contribution in [0.2, 0.25) is 0 Å². The highest BCUT2D eigenvalue weighted by atomic mass is 16.5. The summed E-state index contributed by atoms with van der Waals surface area (Å²) in [4.78, 5) is 26.3. The predicted octanol–water partition coefficient (Wildman–Crippen LogP) is 5.12. The molecule has 2 aromatic carbocycles. The van der Waals surface area contributed by atoms with Crippen molar-refractivity contribution >= 4 is 17.4 Å². The molecule has 0 unspecified atom stereocenters. The smallest absolute Gasteiger partial charge is 0.336 e. The van der Waals surface area contributed by atoms with Crippen molar-refractivity contribution in [3.8, 4) is 0 Å². The maximum atomic E-state index is 13.4. The minimum absolute atomic E-state index is 0.0201. The van der Waals surface area contributed by atoms with Gasteiger partial charge in [-0.15, -0.1) is 0 Å². The van der Waals surface area contributed by atoms with Gasteiger partial charge < -0.3 is 10.1 Å². The van der Waals surface area contributed by atoms with Crippen LogP contribution in [-0.2, 0) is 14.9 Å². The number of ketones is 1. The monoisotopic (exact) mass is 401 g/mol. The van der Waals surface area contributed by atoms with Gasteiger partial charge in [0.1, 0.15) is 0 Å². The lowest BCUT2D eigenvalue weighted by atomic mass is 9.78. The fourth-order valence-corrected chi connectivity index (χ4v) is 4.32. The third-order valence-corrected chi connectivity index (χ3v) is 5.85. The van der Waals surface area contributed by atoms with Gasteiger partial charge in [0.15, 0.2) is 5.78 Å². The zero-order chi connectivity index (χ0) is 21.6. The van der Waals surface area contributed by atoms with Gasteiger partial charge in [0.25, 0.3) is 0 Å². The first-order chi connectivity index (χ1) is 14.2. The van der Waals surface area contributed by atoms with Crippen molar-refractivity contribution in [2.45, 2.75) is 46.0 Å². The molecule has 0 amide bonds. The molecule has 2 aliphatic rings. The highest BCUT2D eigenvalue weighted by Crippen LogP contribution is 2.46. The van der Waals surface area contributed by atoms with Gasteiger partial charge in [0.2, 0.25) is 0 Å². The minimum atomic E-state index is -0.464. The largest absolute Gasteiger partial charge is 0.463 e. The summed E-state index contributed by atoms with van der Waals surface area (Å²) in [7, 11) is 0. The number of esters is 1. The Hall–Kier alpha value is -3.14. The lowest BCUT2D eigenvalue weighted by molar-refractivity contribution is -0.138. The number of fused-ring (bicyclic) bond motifs is 2. The number of hydrogen-bond acceptors (Lipinski definition) is 4. The molecule has 30 heavy (non-hydrogen) atoms. The molecule has 0 bridgehead atoms. The highest BCUT2D eigenvalue weighted by Gasteiger charge is 2.42. The highest BCUT2D eigenvalue weighted by molar-refractivity contribution is 6.23. The number of rotatable bonds is 3. The third kappa shape index (κ3) is 3.17. The van der Waals surface area contributed by atoms with E-state index >= 15 is 0 Å². The normalized spacial score (nSPS) is 18.2. The van der Waals surface area contributed by atoms with Crippen LogP contribution >= 0.6 is 0 Å². The number of benzene rings is 2. The molecule has 1 N–H and O–H groups in total. The summed E-state index contributed by atoms with van der Waals surface area (Å²) in [5, 5.41) is 3.33. The van der Waals surface area contributed by atoms with Crippen molar-refractivity contribution in [2.24, 2.45) is 0 Å². The number of Topliss-reactive ketones (excluding diaryl/α,β-unsaturated/α-hetero) is 1. The first kappa shape index (κ1) is 20.1. The average Bonchev–Trinajstić information content (AvgIpc) is 2.99. The molecule has 4 heteroatoms. The van der Waals surface area contributed by atoms with Crippen LogP contribution < -0.4 is 5.32 Å². The fraction of sp³-hybridized carbons (Fsp3) is 0.308. The Morgan fingerprint density at radius 1 is 1.03 bits per heavy atom. The van der Waals surface area contributed by atoms with E-state index in [1.807, 2.05) is 43.3 Å². The maximum Gasteiger partial charge on any atom is 0.336 e. The minimum Gasteiger partial charge on any atom is -0.463 e. The maximum absolute atomic E-state index is 13.4. The Morgan fingerprint density at radius 3 is 2.27 bits per heavy atom. The fourth-order valence-electron chi connectivity index (χ4n) is 4.32. The zero-order valence-electron chi connectivity index (χ0n) is 18.1. The van der Waals surface area contributed by atoms with Crippen LogP contribution in [0.3, 0.4) is 0 Å². The lowest BCUT2D eigenvalue weighted by Gasteiger charge is -2.29. The van der Waals surface area contributed by atoms with Gasteiger partial charge in [-0.25, -0.2) is 4.79 Å². The topological polar surface area (TPSA) is 55.4 Å². The van der Waals surface area contributed by atoms with E-state index in [1.165, 1.54) is 5.56 Å².